The van der Waals surface area contributed by atoms with Crippen LogP contribution in [0.1, 0.15) is 36.7 Å². The molecule has 1 aliphatic rings. The molecule has 2 aromatic heterocycles. The van der Waals surface area contributed by atoms with Gasteiger partial charge in [0.1, 0.15) is 0 Å². The van der Waals surface area contributed by atoms with Gasteiger partial charge in [-0.25, -0.2) is 9.97 Å². The van der Waals surface area contributed by atoms with Crippen molar-refractivity contribution in [3.8, 4) is 11.6 Å². The summed E-state index contributed by atoms with van der Waals surface area (Å²) in [6.45, 7) is 6.20. The number of furan rings is 1. The lowest BCUT2D eigenvalue weighted by atomic mass is 9.98. The lowest BCUT2D eigenvalue weighted by Crippen LogP contribution is -2.27. The van der Waals surface area contributed by atoms with Crippen LogP contribution in [0.3, 0.4) is 0 Å². The highest BCUT2D eigenvalue weighted by Crippen LogP contribution is 2.26. The van der Waals surface area contributed by atoms with E-state index < -0.39 is 0 Å². The van der Waals surface area contributed by atoms with Crippen LogP contribution in [0, 0.1) is 0 Å². The monoisotopic (exact) mass is 243 g/mol. The molecule has 1 aliphatic heterocycles. The van der Waals surface area contributed by atoms with Gasteiger partial charge < -0.3 is 9.73 Å². The number of hydrogen-bond acceptors (Lipinski definition) is 4. The number of fused-ring (bicyclic) bond motifs is 1. The molecule has 0 aliphatic carbocycles. The van der Waals surface area contributed by atoms with E-state index in [-0.39, 0.29) is 0 Å². The highest BCUT2D eigenvalue weighted by Gasteiger charge is 2.20. The first-order valence-corrected chi connectivity index (χ1v) is 6.40. The highest BCUT2D eigenvalue weighted by atomic mass is 16.3. The van der Waals surface area contributed by atoms with E-state index in [1.807, 2.05) is 12.1 Å². The zero-order chi connectivity index (χ0) is 12.5. The molecular formula is C14H17N3O. The van der Waals surface area contributed by atoms with Gasteiger partial charge in [0.2, 0.25) is 0 Å². The number of nitrogens with zero attached hydrogens (tertiary/aromatic N) is 2. The highest BCUT2D eigenvalue weighted by molar-refractivity contribution is 5.49. The Bertz CT molecular complexity index is 546. The van der Waals surface area contributed by atoms with Crippen molar-refractivity contribution in [3.63, 3.8) is 0 Å². The van der Waals surface area contributed by atoms with Crippen molar-refractivity contribution in [2.24, 2.45) is 0 Å². The Labute approximate surface area is 106 Å². The summed E-state index contributed by atoms with van der Waals surface area (Å²) >= 11 is 0. The van der Waals surface area contributed by atoms with Gasteiger partial charge in [-0.1, -0.05) is 13.8 Å². The second kappa shape index (κ2) is 4.53. The Kier molecular flexibility index (Phi) is 2.88. The normalized spacial score (nSPS) is 14.8. The van der Waals surface area contributed by atoms with E-state index in [9.17, 15) is 0 Å². The molecule has 0 aromatic carbocycles. The van der Waals surface area contributed by atoms with Gasteiger partial charge >= 0.3 is 0 Å². The molecule has 3 heterocycles. The van der Waals surface area contributed by atoms with E-state index in [0.29, 0.717) is 11.7 Å². The van der Waals surface area contributed by atoms with Crippen molar-refractivity contribution in [2.45, 2.75) is 32.7 Å². The van der Waals surface area contributed by atoms with Crippen molar-refractivity contribution in [1.29, 1.82) is 0 Å². The summed E-state index contributed by atoms with van der Waals surface area (Å²) in [6.07, 6.45) is 2.63. The number of nitrogens with one attached hydrogen (secondary N) is 1. The first kappa shape index (κ1) is 11.4. The third-order valence-corrected chi connectivity index (χ3v) is 3.25. The van der Waals surface area contributed by atoms with Gasteiger partial charge in [0.05, 0.1) is 17.7 Å². The van der Waals surface area contributed by atoms with Crippen LogP contribution in [-0.2, 0) is 13.0 Å². The fourth-order valence-corrected chi connectivity index (χ4v) is 2.36. The van der Waals surface area contributed by atoms with E-state index in [4.69, 9.17) is 4.42 Å². The van der Waals surface area contributed by atoms with Gasteiger partial charge in [-0.15, -0.1) is 0 Å². The van der Waals surface area contributed by atoms with Crippen LogP contribution in [0.4, 0.5) is 0 Å². The summed E-state index contributed by atoms with van der Waals surface area (Å²) in [4.78, 5) is 9.34. The van der Waals surface area contributed by atoms with Gasteiger partial charge in [0, 0.05) is 25.1 Å². The molecule has 1 N–H and O–H groups in total. The second-order valence-corrected chi connectivity index (χ2v) is 4.92. The van der Waals surface area contributed by atoms with Crippen LogP contribution in [0.15, 0.2) is 22.8 Å². The Morgan fingerprint density at radius 2 is 2.22 bits per heavy atom. The third-order valence-electron chi connectivity index (χ3n) is 3.25. The molecular weight excluding hydrogens is 226 g/mol. The molecule has 0 saturated heterocycles. The molecule has 0 unspecified atom stereocenters. The van der Waals surface area contributed by atoms with Gasteiger partial charge in [0.25, 0.3) is 0 Å². The standard InChI is InChI=1S/C14H17N3O/c1-9(2)13-10-8-15-6-5-11(10)16-14(17-13)12-4-3-7-18-12/h3-4,7,9,15H,5-6,8H2,1-2H3. The molecule has 0 saturated carbocycles. The van der Waals surface area contributed by atoms with Crippen LogP contribution in [0.25, 0.3) is 11.6 Å². The lowest BCUT2D eigenvalue weighted by Gasteiger charge is -2.21. The van der Waals surface area contributed by atoms with Gasteiger partial charge in [-0.2, -0.15) is 0 Å². The largest absolute Gasteiger partial charge is 0.461 e. The Balaban J connectivity index is 2.15. The predicted octanol–water partition coefficient (Wildman–Crippen LogP) is 2.51. The fourth-order valence-electron chi connectivity index (χ4n) is 2.36. The number of hydrogen-bond donors (Lipinski definition) is 1. The SMILES string of the molecule is CC(C)c1nc(-c2ccco2)nc2c1CNCC2. The smallest absolute Gasteiger partial charge is 0.196 e. The molecule has 18 heavy (non-hydrogen) atoms. The summed E-state index contributed by atoms with van der Waals surface area (Å²) in [5.41, 5.74) is 3.57. The molecule has 0 atom stereocenters. The Morgan fingerprint density at radius 1 is 1.33 bits per heavy atom. The van der Waals surface area contributed by atoms with Crippen LogP contribution in [-0.4, -0.2) is 16.5 Å². The van der Waals surface area contributed by atoms with E-state index >= 15 is 0 Å². The van der Waals surface area contributed by atoms with E-state index in [2.05, 4.69) is 29.1 Å². The first-order chi connectivity index (χ1) is 8.75. The molecule has 94 valence electrons. The molecule has 0 amide bonds. The molecule has 0 fully saturated rings. The minimum Gasteiger partial charge on any atom is -0.461 e. The lowest BCUT2D eigenvalue weighted by molar-refractivity contribution is 0.569. The molecule has 0 spiro atoms. The zero-order valence-electron chi connectivity index (χ0n) is 10.7. The van der Waals surface area contributed by atoms with Crippen molar-refractivity contribution in [2.75, 3.05) is 6.54 Å². The second-order valence-electron chi connectivity index (χ2n) is 4.92. The minimum atomic E-state index is 0.398. The maximum atomic E-state index is 5.40. The first-order valence-electron chi connectivity index (χ1n) is 6.40. The summed E-state index contributed by atoms with van der Waals surface area (Å²) in [5.74, 6) is 1.86. The molecule has 2 aromatic rings. The number of aromatic nitrogens is 2. The average Bonchev–Trinajstić information content (AvgIpc) is 2.91. The van der Waals surface area contributed by atoms with Crippen molar-refractivity contribution in [1.82, 2.24) is 15.3 Å². The van der Waals surface area contributed by atoms with Gasteiger partial charge in [-0.05, 0) is 18.1 Å². The quantitative estimate of drug-likeness (QED) is 0.880. The van der Waals surface area contributed by atoms with E-state index in [1.54, 1.807) is 6.26 Å². The van der Waals surface area contributed by atoms with Crippen molar-refractivity contribution < 1.29 is 4.42 Å². The fraction of sp³-hybridized carbons (Fsp3) is 0.429. The summed E-state index contributed by atoms with van der Waals surface area (Å²) in [6, 6.07) is 3.78. The topological polar surface area (TPSA) is 51.0 Å². The summed E-state index contributed by atoms with van der Waals surface area (Å²) < 4.78 is 5.40. The van der Waals surface area contributed by atoms with Crippen LogP contribution in [0.2, 0.25) is 0 Å². The van der Waals surface area contributed by atoms with Gasteiger partial charge in [0.15, 0.2) is 11.6 Å². The average molecular weight is 243 g/mol. The van der Waals surface area contributed by atoms with Crippen LogP contribution in [0.5, 0.6) is 0 Å². The molecule has 3 rings (SSSR count). The van der Waals surface area contributed by atoms with Crippen LogP contribution >= 0.6 is 0 Å². The Morgan fingerprint density at radius 3 is 2.94 bits per heavy atom. The summed E-state index contributed by atoms with van der Waals surface area (Å²) in [7, 11) is 0. The minimum absolute atomic E-state index is 0.398. The summed E-state index contributed by atoms with van der Waals surface area (Å²) in [5, 5.41) is 3.39. The molecule has 4 heteroatoms. The molecule has 4 nitrogen and oxygen atoms in total. The number of rotatable bonds is 2. The zero-order valence-corrected chi connectivity index (χ0v) is 10.7. The Hall–Kier alpha value is -1.68. The maximum absolute atomic E-state index is 5.40. The van der Waals surface area contributed by atoms with Crippen molar-refractivity contribution in [3.05, 3.63) is 35.3 Å². The molecule has 0 radical (unpaired) electrons. The molecule has 0 bridgehead atoms. The van der Waals surface area contributed by atoms with E-state index in [1.165, 1.54) is 11.3 Å². The predicted molar refractivity (Wildman–Crippen MR) is 69.2 cm³/mol. The van der Waals surface area contributed by atoms with Gasteiger partial charge in [-0.3, -0.25) is 0 Å². The van der Waals surface area contributed by atoms with Crippen LogP contribution < -0.4 is 5.32 Å². The van der Waals surface area contributed by atoms with E-state index in [0.717, 1.165) is 31.0 Å². The third kappa shape index (κ3) is 1.93. The van der Waals surface area contributed by atoms with Crippen molar-refractivity contribution >= 4 is 0 Å². The maximum Gasteiger partial charge on any atom is 0.196 e.